The maximum atomic E-state index is 8.34. The van der Waals surface area contributed by atoms with E-state index in [1.807, 2.05) is 6.08 Å². The van der Waals surface area contributed by atoms with Crippen molar-refractivity contribution in [2.24, 2.45) is 5.92 Å². The molecule has 0 fully saturated rings. The van der Waals surface area contributed by atoms with E-state index in [-0.39, 0.29) is 0 Å². The van der Waals surface area contributed by atoms with E-state index in [1.54, 1.807) is 6.08 Å². The lowest BCUT2D eigenvalue weighted by molar-refractivity contribution is 0.473. The van der Waals surface area contributed by atoms with Gasteiger partial charge in [0.05, 0.1) is 6.26 Å². The molecule has 0 saturated carbocycles. The average Bonchev–Trinajstić information content (AvgIpc) is 1.98. The zero-order valence-corrected chi connectivity index (χ0v) is 6.96. The Kier molecular flexibility index (Phi) is 4.73. The fourth-order valence-corrected chi connectivity index (χ4v) is 0.681. The van der Waals surface area contributed by atoms with Crippen molar-refractivity contribution in [3.63, 3.8) is 0 Å². The molecule has 0 bridgehead atoms. The van der Waals surface area contributed by atoms with Crippen LogP contribution in [0.2, 0.25) is 0 Å². The van der Waals surface area contributed by atoms with Crippen molar-refractivity contribution in [3.05, 3.63) is 24.0 Å². The molecular formula is C9H16O. The summed E-state index contributed by atoms with van der Waals surface area (Å²) in [5, 5.41) is 8.34. The molecular weight excluding hydrogens is 124 g/mol. The number of allylic oxidation sites excluding steroid dienone is 3. The molecule has 0 heterocycles. The Labute approximate surface area is 63.1 Å². The first kappa shape index (κ1) is 9.28. The first-order chi connectivity index (χ1) is 4.72. The maximum absolute atomic E-state index is 8.34. The summed E-state index contributed by atoms with van der Waals surface area (Å²) in [6, 6.07) is 0. The van der Waals surface area contributed by atoms with Crippen LogP contribution in [0.4, 0.5) is 0 Å². The normalized spacial score (nSPS) is 16.1. The van der Waals surface area contributed by atoms with Crippen LogP contribution in [0.3, 0.4) is 0 Å². The SMILES string of the molecule is CCC(C)/C(C)=C/C=C/O. The molecule has 10 heavy (non-hydrogen) atoms. The summed E-state index contributed by atoms with van der Waals surface area (Å²) < 4.78 is 0. The Morgan fingerprint density at radius 2 is 2.20 bits per heavy atom. The van der Waals surface area contributed by atoms with Crippen molar-refractivity contribution >= 4 is 0 Å². The maximum Gasteiger partial charge on any atom is 0.0791 e. The van der Waals surface area contributed by atoms with Gasteiger partial charge in [-0.25, -0.2) is 0 Å². The summed E-state index contributed by atoms with van der Waals surface area (Å²) in [7, 11) is 0. The third kappa shape index (κ3) is 3.33. The topological polar surface area (TPSA) is 20.2 Å². The second kappa shape index (κ2) is 5.10. The van der Waals surface area contributed by atoms with Crippen molar-refractivity contribution < 1.29 is 5.11 Å². The predicted molar refractivity (Wildman–Crippen MR) is 45.0 cm³/mol. The van der Waals surface area contributed by atoms with Crippen LogP contribution in [0.5, 0.6) is 0 Å². The summed E-state index contributed by atoms with van der Waals surface area (Å²) in [6.07, 6.45) is 5.81. The highest BCUT2D eigenvalue weighted by Gasteiger charge is 1.97. The van der Waals surface area contributed by atoms with E-state index in [2.05, 4.69) is 20.8 Å². The van der Waals surface area contributed by atoms with E-state index in [0.29, 0.717) is 5.92 Å². The zero-order chi connectivity index (χ0) is 7.98. The summed E-state index contributed by atoms with van der Waals surface area (Å²) in [4.78, 5) is 0. The van der Waals surface area contributed by atoms with E-state index in [1.165, 1.54) is 5.57 Å². The second-order valence-electron chi connectivity index (χ2n) is 2.56. The van der Waals surface area contributed by atoms with Crippen molar-refractivity contribution in [1.29, 1.82) is 0 Å². The molecule has 0 aliphatic rings. The van der Waals surface area contributed by atoms with E-state index in [0.717, 1.165) is 12.7 Å². The molecule has 0 aliphatic carbocycles. The van der Waals surface area contributed by atoms with Gasteiger partial charge in [-0.15, -0.1) is 0 Å². The Morgan fingerprint density at radius 3 is 2.60 bits per heavy atom. The zero-order valence-electron chi connectivity index (χ0n) is 6.96. The number of aliphatic hydroxyl groups excluding tert-OH is 1. The van der Waals surface area contributed by atoms with E-state index < -0.39 is 0 Å². The minimum Gasteiger partial charge on any atom is -0.516 e. The van der Waals surface area contributed by atoms with Crippen LogP contribution in [0.1, 0.15) is 27.2 Å². The van der Waals surface area contributed by atoms with Gasteiger partial charge in [-0.05, 0) is 25.3 Å². The molecule has 1 nitrogen and oxygen atoms in total. The lowest BCUT2D eigenvalue weighted by Gasteiger charge is -2.06. The van der Waals surface area contributed by atoms with Crippen LogP contribution in [0, 0.1) is 5.92 Å². The highest BCUT2D eigenvalue weighted by Crippen LogP contribution is 2.12. The quantitative estimate of drug-likeness (QED) is 0.472. The van der Waals surface area contributed by atoms with Crippen molar-refractivity contribution in [2.75, 3.05) is 0 Å². The van der Waals surface area contributed by atoms with Gasteiger partial charge in [0.15, 0.2) is 0 Å². The highest BCUT2D eigenvalue weighted by atomic mass is 16.2. The lowest BCUT2D eigenvalue weighted by atomic mass is 10.00. The molecule has 1 heteroatoms. The standard InChI is InChI=1S/C9H16O/c1-4-8(2)9(3)6-5-7-10/h5-8,10H,4H2,1-3H3/b7-5+,9-6+. The molecule has 0 aromatic carbocycles. The number of hydrogen-bond acceptors (Lipinski definition) is 1. The summed E-state index contributed by atoms with van der Waals surface area (Å²) in [6.45, 7) is 6.41. The smallest absolute Gasteiger partial charge is 0.0791 e. The number of aliphatic hydroxyl groups is 1. The summed E-state index contributed by atoms with van der Waals surface area (Å²) in [5.74, 6) is 0.621. The van der Waals surface area contributed by atoms with Crippen LogP contribution in [-0.4, -0.2) is 5.11 Å². The summed E-state index contributed by atoms with van der Waals surface area (Å²) >= 11 is 0. The van der Waals surface area contributed by atoms with Gasteiger partial charge in [0.1, 0.15) is 0 Å². The molecule has 0 aromatic heterocycles. The molecule has 0 aliphatic heterocycles. The van der Waals surface area contributed by atoms with Crippen molar-refractivity contribution in [3.8, 4) is 0 Å². The third-order valence-corrected chi connectivity index (χ3v) is 1.83. The van der Waals surface area contributed by atoms with Crippen LogP contribution in [-0.2, 0) is 0 Å². The van der Waals surface area contributed by atoms with Crippen LogP contribution >= 0.6 is 0 Å². The number of hydrogen-bond donors (Lipinski definition) is 1. The largest absolute Gasteiger partial charge is 0.516 e. The average molecular weight is 140 g/mol. The third-order valence-electron chi connectivity index (χ3n) is 1.83. The van der Waals surface area contributed by atoms with E-state index in [9.17, 15) is 0 Å². The molecule has 1 atom stereocenters. The first-order valence-corrected chi connectivity index (χ1v) is 3.69. The Morgan fingerprint density at radius 1 is 1.60 bits per heavy atom. The van der Waals surface area contributed by atoms with Gasteiger partial charge in [0.25, 0.3) is 0 Å². The molecule has 0 amide bonds. The molecule has 0 aromatic rings. The summed E-state index contributed by atoms with van der Waals surface area (Å²) in [5.41, 5.74) is 1.31. The molecule has 58 valence electrons. The van der Waals surface area contributed by atoms with E-state index >= 15 is 0 Å². The van der Waals surface area contributed by atoms with Gasteiger partial charge >= 0.3 is 0 Å². The van der Waals surface area contributed by atoms with Crippen molar-refractivity contribution in [1.82, 2.24) is 0 Å². The molecule has 0 spiro atoms. The molecule has 0 rings (SSSR count). The van der Waals surface area contributed by atoms with Gasteiger partial charge in [-0.1, -0.05) is 25.5 Å². The molecule has 0 radical (unpaired) electrons. The van der Waals surface area contributed by atoms with Gasteiger partial charge < -0.3 is 5.11 Å². The van der Waals surface area contributed by atoms with Gasteiger partial charge in [0.2, 0.25) is 0 Å². The first-order valence-electron chi connectivity index (χ1n) is 3.69. The lowest BCUT2D eigenvalue weighted by Crippen LogP contribution is -1.92. The highest BCUT2D eigenvalue weighted by molar-refractivity contribution is 5.10. The van der Waals surface area contributed by atoms with E-state index in [4.69, 9.17) is 5.11 Å². The Hall–Kier alpha value is -0.720. The van der Waals surface area contributed by atoms with Crippen LogP contribution < -0.4 is 0 Å². The van der Waals surface area contributed by atoms with Crippen LogP contribution in [0.25, 0.3) is 0 Å². The Balaban J connectivity index is 3.91. The molecule has 1 unspecified atom stereocenters. The monoisotopic (exact) mass is 140 g/mol. The molecule has 0 saturated heterocycles. The van der Waals surface area contributed by atoms with Gasteiger partial charge in [-0.3, -0.25) is 0 Å². The van der Waals surface area contributed by atoms with Crippen molar-refractivity contribution in [2.45, 2.75) is 27.2 Å². The fourth-order valence-electron chi connectivity index (χ4n) is 0.681. The Bertz CT molecular complexity index is 134. The van der Waals surface area contributed by atoms with Gasteiger partial charge in [0, 0.05) is 0 Å². The minimum absolute atomic E-state index is 0.621. The van der Waals surface area contributed by atoms with Gasteiger partial charge in [-0.2, -0.15) is 0 Å². The van der Waals surface area contributed by atoms with Crippen LogP contribution in [0.15, 0.2) is 24.0 Å². The predicted octanol–water partition coefficient (Wildman–Crippen LogP) is 3.05. The second-order valence-corrected chi connectivity index (χ2v) is 2.56. The molecule has 1 N–H and O–H groups in total. The number of rotatable bonds is 3. The minimum atomic E-state index is 0.621. The fraction of sp³-hybridized carbons (Fsp3) is 0.556.